The van der Waals surface area contributed by atoms with Gasteiger partial charge in [-0.3, -0.25) is 4.79 Å². The molecular formula is C32H38N4O4. The number of piperidine rings is 1. The summed E-state index contributed by atoms with van der Waals surface area (Å²) < 4.78 is 0. The van der Waals surface area contributed by atoms with Crippen molar-refractivity contribution in [3.8, 4) is 0 Å². The van der Waals surface area contributed by atoms with Crippen molar-refractivity contribution in [2.75, 3.05) is 13.1 Å². The zero-order valence-corrected chi connectivity index (χ0v) is 23.0. The van der Waals surface area contributed by atoms with Crippen molar-refractivity contribution in [2.45, 2.75) is 69.4 Å². The van der Waals surface area contributed by atoms with Gasteiger partial charge in [0.15, 0.2) is 0 Å². The molecule has 1 aromatic heterocycles. The number of hydrogen-bond donors (Lipinski definition) is 4. The summed E-state index contributed by atoms with van der Waals surface area (Å²) in [6.07, 6.45) is 11.1. The summed E-state index contributed by atoms with van der Waals surface area (Å²) >= 11 is 0. The van der Waals surface area contributed by atoms with Gasteiger partial charge in [0.2, 0.25) is 5.91 Å². The number of allylic oxidation sites excluding steroid dienone is 1. The molecule has 2 atom stereocenters. The summed E-state index contributed by atoms with van der Waals surface area (Å²) in [5.74, 6) is -1.54. The third kappa shape index (κ3) is 5.76. The highest BCUT2D eigenvalue weighted by molar-refractivity contribution is 5.91. The maximum atomic E-state index is 13.5. The molecule has 0 bridgehead atoms. The number of carboxylic acids is 1. The third-order valence-corrected chi connectivity index (χ3v) is 8.45. The molecule has 4 N–H and O–H groups in total. The Labute approximate surface area is 234 Å². The van der Waals surface area contributed by atoms with Gasteiger partial charge in [0.05, 0.1) is 0 Å². The van der Waals surface area contributed by atoms with Crippen LogP contribution in [0.25, 0.3) is 17.0 Å². The number of carbonyl (C=O) groups excluding carboxylic acids is 2. The lowest BCUT2D eigenvalue weighted by Gasteiger charge is -2.39. The fourth-order valence-electron chi connectivity index (χ4n) is 6.08. The molecule has 2 heterocycles. The first-order chi connectivity index (χ1) is 19.4. The van der Waals surface area contributed by atoms with Crippen molar-refractivity contribution in [2.24, 2.45) is 0 Å². The summed E-state index contributed by atoms with van der Waals surface area (Å²) in [5.41, 5.74) is 4.33. The molecule has 2 aromatic carbocycles. The van der Waals surface area contributed by atoms with Crippen molar-refractivity contribution in [3.63, 3.8) is 0 Å². The summed E-state index contributed by atoms with van der Waals surface area (Å²) in [6, 6.07) is 14.0. The van der Waals surface area contributed by atoms with E-state index in [0.717, 1.165) is 42.1 Å². The first-order valence-electron chi connectivity index (χ1n) is 14.3. The Kier molecular flexibility index (Phi) is 8.24. The lowest BCUT2D eigenvalue weighted by Crippen LogP contribution is -2.56. The number of nitrogens with one attached hydrogen (secondary N) is 3. The van der Waals surface area contributed by atoms with Gasteiger partial charge in [-0.25, -0.2) is 9.59 Å². The average Bonchev–Trinajstić information content (AvgIpc) is 3.54. The van der Waals surface area contributed by atoms with E-state index in [1.807, 2.05) is 43.5 Å². The van der Waals surface area contributed by atoms with Gasteiger partial charge in [-0.1, -0.05) is 80.8 Å². The predicted octanol–water partition coefficient (Wildman–Crippen LogP) is 5.00. The molecular weight excluding hydrogens is 504 g/mol. The van der Waals surface area contributed by atoms with Gasteiger partial charge in [-0.2, -0.15) is 0 Å². The second-order valence-electron chi connectivity index (χ2n) is 11.0. The Morgan fingerprint density at radius 3 is 2.52 bits per heavy atom. The van der Waals surface area contributed by atoms with Crippen LogP contribution in [0.1, 0.15) is 62.1 Å². The molecule has 2 aliphatic rings. The van der Waals surface area contributed by atoms with Crippen molar-refractivity contribution in [1.29, 1.82) is 0 Å². The van der Waals surface area contributed by atoms with Gasteiger partial charge in [0.25, 0.3) is 0 Å². The quantitative estimate of drug-likeness (QED) is 0.270. The Hall–Kier alpha value is -4.07. The normalized spacial score (nSPS) is 17.0. The first-order valence-corrected chi connectivity index (χ1v) is 14.3. The zero-order chi connectivity index (χ0) is 28.1. The lowest BCUT2D eigenvalue weighted by atomic mass is 9.74. The molecule has 8 heteroatoms. The van der Waals surface area contributed by atoms with Crippen LogP contribution in [0, 0.1) is 0 Å². The largest absolute Gasteiger partial charge is 0.480 e. The number of fused-ring (bicyclic) bond motifs is 3. The van der Waals surface area contributed by atoms with Gasteiger partial charge >= 0.3 is 12.0 Å². The number of carboxylic acid groups (broad SMARTS) is 1. The number of urea groups is 1. The molecule has 5 rings (SSSR count). The number of aliphatic carboxylic acids is 1. The molecule has 40 heavy (non-hydrogen) atoms. The SMILES string of the molecule is CCCCCC(NC(=O)[C@@H](Cc1c[nH]c2ccccc12)NC(=O)N1CCC2(C=Cc3ccccc32)CC1)C(=O)O. The van der Waals surface area contributed by atoms with Crippen LogP contribution in [-0.2, 0) is 21.4 Å². The number of nitrogens with zero attached hydrogens (tertiary/aromatic N) is 1. The second kappa shape index (κ2) is 12.0. The maximum absolute atomic E-state index is 13.5. The van der Waals surface area contributed by atoms with Crippen molar-refractivity contribution >= 4 is 34.9 Å². The summed E-state index contributed by atoms with van der Waals surface area (Å²) in [5, 5.41) is 16.4. The minimum Gasteiger partial charge on any atom is -0.480 e. The zero-order valence-electron chi connectivity index (χ0n) is 23.0. The van der Waals surface area contributed by atoms with E-state index in [1.165, 1.54) is 11.1 Å². The van der Waals surface area contributed by atoms with E-state index in [-0.39, 0.29) is 17.9 Å². The van der Waals surface area contributed by atoms with Crippen LogP contribution in [-0.4, -0.2) is 58.1 Å². The molecule has 1 aliphatic heterocycles. The number of amides is 3. The van der Waals surface area contributed by atoms with Gasteiger partial charge < -0.3 is 25.6 Å². The highest BCUT2D eigenvalue weighted by Gasteiger charge is 2.39. The Balaban J connectivity index is 1.29. The second-order valence-corrected chi connectivity index (χ2v) is 11.0. The van der Waals surface area contributed by atoms with E-state index >= 15 is 0 Å². The summed E-state index contributed by atoms with van der Waals surface area (Å²) in [4.78, 5) is 43.9. The number of hydrogen-bond acceptors (Lipinski definition) is 3. The molecule has 1 spiro atoms. The van der Waals surface area contributed by atoms with Gasteiger partial charge in [0, 0.05) is 42.0 Å². The van der Waals surface area contributed by atoms with Crippen molar-refractivity contribution in [3.05, 3.63) is 77.5 Å². The summed E-state index contributed by atoms with van der Waals surface area (Å²) in [6.45, 7) is 3.19. The van der Waals surface area contributed by atoms with Crippen LogP contribution >= 0.6 is 0 Å². The highest BCUT2D eigenvalue weighted by atomic mass is 16.4. The number of H-pyrrole nitrogens is 1. The van der Waals surface area contributed by atoms with Crippen LogP contribution in [0.2, 0.25) is 0 Å². The monoisotopic (exact) mass is 542 g/mol. The lowest BCUT2D eigenvalue weighted by molar-refractivity contribution is -0.142. The molecule has 1 aliphatic carbocycles. The van der Waals surface area contributed by atoms with Gasteiger partial charge in [-0.05, 0) is 42.0 Å². The van der Waals surface area contributed by atoms with E-state index < -0.39 is 24.0 Å². The van der Waals surface area contributed by atoms with Crippen LogP contribution in [0.15, 0.2) is 60.8 Å². The summed E-state index contributed by atoms with van der Waals surface area (Å²) in [7, 11) is 0. The third-order valence-electron chi connectivity index (χ3n) is 8.45. The molecule has 0 radical (unpaired) electrons. The number of aromatic nitrogens is 1. The molecule has 3 amide bonds. The van der Waals surface area contributed by atoms with Crippen LogP contribution in [0.5, 0.6) is 0 Å². The van der Waals surface area contributed by atoms with Crippen LogP contribution < -0.4 is 10.6 Å². The Bertz CT molecular complexity index is 1400. The standard InChI is InChI=1S/C32H38N4O4/c1-2-3-4-13-27(30(38)39)34-29(37)28(20-23-21-33-26-12-8-6-10-24(23)26)35-31(40)36-18-16-32(17-19-36)15-14-22-9-5-7-11-25(22)32/h5-12,14-15,21,27-28,33H,2-4,13,16-20H2,1H3,(H,34,37)(H,35,40)(H,38,39)/t27?,28-/m1/s1. The molecule has 1 unspecified atom stereocenters. The Morgan fingerprint density at radius 2 is 1.75 bits per heavy atom. The Morgan fingerprint density at radius 1 is 1.00 bits per heavy atom. The van der Waals surface area contributed by atoms with Crippen LogP contribution in [0.4, 0.5) is 4.79 Å². The minimum atomic E-state index is -1.06. The first kappa shape index (κ1) is 27.5. The smallest absolute Gasteiger partial charge is 0.326 e. The topological polar surface area (TPSA) is 115 Å². The fourth-order valence-corrected chi connectivity index (χ4v) is 6.08. The van der Waals surface area contributed by atoms with Gasteiger partial charge in [-0.15, -0.1) is 0 Å². The molecule has 8 nitrogen and oxygen atoms in total. The van der Waals surface area contributed by atoms with E-state index in [9.17, 15) is 19.5 Å². The highest BCUT2D eigenvalue weighted by Crippen LogP contribution is 2.43. The van der Waals surface area contributed by atoms with E-state index in [4.69, 9.17) is 0 Å². The molecule has 1 fully saturated rings. The average molecular weight is 543 g/mol. The number of aromatic amines is 1. The van der Waals surface area contributed by atoms with E-state index in [2.05, 4.69) is 46.0 Å². The van der Waals surface area contributed by atoms with E-state index in [1.54, 1.807) is 4.90 Å². The number of likely N-dealkylation sites (tertiary alicyclic amines) is 1. The van der Waals surface area contributed by atoms with E-state index in [0.29, 0.717) is 25.9 Å². The molecule has 0 saturated carbocycles. The number of carbonyl (C=O) groups is 3. The fraction of sp³-hybridized carbons (Fsp3) is 0.406. The maximum Gasteiger partial charge on any atom is 0.326 e. The number of unbranched alkanes of at least 4 members (excludes halogenated alkanes) is 2. The number of rotatable bonds is 10. The predicted molar refractivity (Wildman–Crippen MR) is 156 cm³/mol. The number of para-hydroxylation sites is 1. The number of benzene rings is 2. The molecule has 1 saturated heterocycles. The van der Waals surface area contributed by atoms with Crippen molar-refractivity contribution in [1.82, 2.24) is 20.5 Å². The van der Waals surface area contributed by atoms with Gasteiger partial charge in [0.1, 0.15) is 12.1 Å². The minimum absolute atomic E-state index is 0.0542. The van der Waals surface area contributed by atoms with Crippen molar-refractivity contribution < 1.29 is 19.5 Å². The molecule has 210 valence electrons. The van der Waals surface area contributed by atoms with Crippen LogP contribution in [0.3, 0.4) is 0 Å². The molecule has 3 aromatic rings.